The van der Waals surface area contributed by atoms with Gasteiger partial charge in [0.25, 0.3) is 0 Å². The van der Waals surface area contributed by atoms with Crippen LogP contribution in [0.5, 0.6) is 23.0 Å². The summed E-state index contributed by atoms with van der Waals surface area (Å²) in [7, 11) is 0. The summed E-state index contributed by atoms with van der Waals surface area (Å²) in [4.78, 5) is 0. The van der Waals surface area contributed by atoms with Crippen molar-refractivity contribution in [1.82, 2.24) is 0 Å². The van der Waals surface area contributed by atoms with Crippen molar-refractivity contribution in [2.75, 3.05) is 0 Å². The molecule has 0 saturated heterocycles. The summed E-state index contributed by atoms with van der Waals surface area (Å²) in [6, 6.07) is 26.9. The van der Waals surface area contributed by atoms with E-state index in [4.69, 9.17) is 65.0 Å². The molecule has 0 radical (unpaired) electrons. The largest absolute Gasteiger partial charge is 0.777 e. The normalized spacial score (nSPS) is 11.0. The fourth-order valence-corrected chi connectivity index (χ4v) is 3.37. The molecular formula is C24H16BCl4O4-. The fraction of sp³-hybridized carbons (Fsp3) is 0. The van der Waals surface area contributed by atoms with Crippen molar-refractivity contribution < 1.29 is 18.6 Å². The maximum atomic E-state index is 6.20. The molecule has 4 nitrogen and oxygen atoms in total. The first-order valence-corrected chi connectivity index (χ1v) is 11.3. The zero-order valence-electron chi connectivity index (χ0n) is 17.0. The zero-order valence-corrected chi connectivity index (χ0v) is 20.0. The van der Waals surface area contributed by atoms with Gasteiger partial charge in [0, 0.05) is 20.1 Å². The molecule has 0 unspecified atom stereocenters. The predicted molar refractivity (Wildman–Crippen MR) is 134 cm³/mol. The minimum Gasteiger partial charge on any atom is -0.611 e. The molecule has 168 valence electrons. The van der Waals surface area contributed by atoms with E-state index in [1.807, 2.05) is 0 Å². The summed E-state index contributed by atoms with van der Waals surface area (Å²) in [6.07, 6.45) is 0. The molecule has 0 fully saturated rings. The quantitative estimate of drug-likeness (QED) is 0.219. The maximum absolute atomic E-state index is 6.20. The average Bonchev–Trinajstić information content (AvgIpc) is 2.80. The summed E-state index contributed by atoms with van der Waals surface area (Å²) >= 11 is 24.1. The third-order valence-electron chi connectivity index (χ3n) is 4.38. The molecule has 9 heteroatoms. The van der Waals surface area contributed by atoms with E-state index in [2.05, 4.69) is 0 Å². The number of benzene rings is 4. The number of rotatable bonds is 8. The maximum Gasteiger partial charge on any atom is 0.777 e. The molecule has 33 heavy (non-hydrogen) atoms. The zero-order chi connectivity index (χ0) is 23.3. The molecule has 0 atom stereocenters. The first-order valence-electron chi connectivity index (χ1n) is 9.80. The lowest BCUT2D eigenvalue weighted by Gasteiger charge is -2.41. The van der Waals surface area contributed by atoms with E-state index in [0.29, 0.717) is 43.1 Å². The standard InChI is InChI=1S/C24H16BCl4O4/c26-17-1-9-21(10-2-17)30-25(31-22-11-3-18(27)4-12-22,32-23-13-5-19(28)6-14-23)33-24-15-7-20(29)8-16-24/h1-16H/q-1. The Morgan fingerprint density at radius 2 is 0.515 bits per heavy atom. The Kier molecular flexibility index (Phi) is 7.46. The van der Waals surface area contributed by atoms with E-state index in [9.17, 15) is 0 Å². The number of halogens is 4. The Balaban J connectivity index is 1.77. The predicted octanol–water partition coefficient (Wildman–Crippen LogP) is 8.35. The van der Waals surface area contributed by atoms with Crippen LogP contribution in [0.15, 0.2) is 97.1 Å². The van der Waals surface area contributed by atoms with Crippen LogP contribution in [0, 0.1) is 0 Å². The fourth-order valence-electron chi connectivity index (χ4n) is 2.86. The van der Waals surface area contributed by atoms with Gasteiger partial charge in [-0.25, -0.2) is 0 Å². The van der Waals surface area contributed by atoms with Crippen molar-refractivity contribution in [3.8, 4) is 23.0 Å². The highest BCUT2D eigenvalue weighted by atomic mass is 35.5. The van der Waals surface area contributed by atoms with Gasteiger partial charge in [0.2, 0.25) is 0 Å². The smallest absolute Gasteiger partial charge is 0.611 e. The van der Waals surface area contributed by atoms with Gasteiger partial charge in [-0.3, -0.25) is 0 Å². The highest BCUT2D eigenvalue weighted by molar-refractivity contribution is 6.57. The molecule has 0 aliphatic heterocycles. The molecule has 0 heterocycles. The molecule has 4 aromatic carbocycles. The highest BCUT2D eigenvalue weighted by Gasteiger charge is 2.43. The van der Waals surface area contributed by atoms with Crippen LogP contribution in [0.25, 0.3) is 0 Å². The van der Waals surface area contributed by atoms with Crippen molar-refractivity contribution in [2.45, 2.75) is 0 Å². The molecule has 0 aromatic heterocycles. The van der Waals surface area contributed by atoms with E-state index < -0.39 is 6.96 Å². The van der Waals surface area contributed by atoms with Gasteiger partial charge in [-0.05, 0) is 97.1 Å². The van der Waals surface area contributed by atoms with Gasteiger partial charge in [-0.15, -0.1) is 0 Å². The average molecular weight is 521 g/mol. The van der Waals surface area contributed by atoms with E-state index in [-0.39, 0.29) is 0 Å². The van der Waals surface area contributed by atoms with E-state index in [1.54, 1.807) is 97.1 Å². The number of hydrogen-bond donors (Lipinski definition) is 0. The second kappa shape index (κ2) is 10.5. The molecule has 0 saturated carbocycles. The minimum absolute atomic E-state index is 0.413. The molecule has 0 spiro atoms. The van der Waals surface area contributed by atoms with Gasteiger partial charge in [0.05, 0.1) is 23.0 Å². The van der Waals surface area contributed by atoms with E-state index >= 15 is 0 Å². The van der Waals surface area contributed by atoms with Gasteiger partial charge in [0.1, 0.15) is 0 Å². The van der Waals surface area contributed by atoms with Gasteiger partial charge in [-0.2, -0.15) is 0 Å². The molecule has 0 aliphatic rings. The van der Waals surface area contributed by atoms with Crippen LogP contribution in [-0.2, 0) is 0 Å². The van der Waals surface area contributed by atoms with Crippen LogP contribution in [0.4, 0.5) is 0 Å². The molecule has 4 rings (SSSR count). The van der Waals surface area contributed by atoms with Crippen molar-refractivity contribution in [2.24, 2.45) is 0 Å². The summed E-state index contributed by atoms with van der Waals surface area (Å²) in [5.41, 5.74) is 0. The van der Waals surface area contributed by atoms with Crippen LogP contribution in [0.3, 0.4) is 0 Å². The summed E-state index contributed by atoms with van der Waals surface area (Å²) in [5.74, 6) is 1.65. The third kappa shape index (κ3) is 6.65. The van der Waals surface area contributed by atoms with E-state index in [0.717, 1.165) is 0 Å². The molecule has 0 bridgehead atoms. The van der Waals surface area contributed by atoms with Crippen molar-refractivity contribution >= 4 is 53.4 Å². The lowest BCUT2D eigenvalue weighted by atomic mass is 10.0. The highest BCUT2D eigenvalue weighted by Crippen LogP contribution is 2.29. The Morgan fingerprint density at radius 3 is 0.697 bits per heavy atom. The van der Waals surface area contributed by atoms with Gasteiger partial charge in [-0.1, -0.05) is 46.4 Å². The molecule has 0 amide bonds. The monoisotopic (exact) mass is 519 g/mol. The molecular weight excluding hydrogens is 505 g/mol. The lowest BCUT2D eigenvalue weighted by Crippen LogP contribution is -2.60. The van der Waals surface area contributed by atoms with Crippen molar-refractivity contribution in [1.29, 1.82) is 0 Å². The summed E-state index contributed by atoms with van der Waals surface area (Å²) in [6.45, 7) is -2.94. The molecule has 0 aliphatic carbocycles. The van der Waals surface area contributed by atoms with Crippen molar-refractivity contribution in [3.63, 3.8) is 0 Å². The molecule has 4 aromatic rings. The van der Waals surface area contributed by atoms with Gasteiger partial charge >= 0.3 is 6.96 Å². The number of hydrogen-bond acceptors (Lipinski definition) is 4. The summed E-state index contributed by atoms with van der Waals surface area (Å²) < 4.78 is 24.8. The first-order chi connectivity index (χ1) is 15.9. The van der Waals surface area contributed by atoms with Crippen LogP contribution in [0.2, 0.25) is 20.1 Å². The molecule has 0 N–H and O–H groups in total. The Bertz CT molecular complexity index is 990. The van der Waals surface area contributed by atoms with Gasteiger partial charge < -0.3 is 18.6 Å². The van der Waals surface area contributed by atoms with Crippen LogP contribution in [0.1, 0.15) is 0 Å². The third-order valence-corrected chi connectivity index (χ3v) is 5.38. The second-order valence-corrected chi connectivity index (χ2v) is 8.61. The lowest BCUT2D eigenvalue weighted by molar-refractivity contribution is 0.161. The van der Waals surface area contributed by atoms with Gasteiger partial charge in [0.15, 0.2) is 0 Å². The Morgan fingerprint density at radius 1 is 0.333 bits per heavy atom. The minimum atomic E-state index is -2.94. The second-order valence-electron chi connectivity index (χ2n) is 6.86. The van der Waals surface area contributed by atoms with Crippen molar-refractivity contribution in [3.05, 3.63) is 117 Å². The van der Waals surface area contributed by atoms with Crippen LogP contribution in [-0.4, -0.2) is 6.96 Å². The van der Waals surface area contributed by atoms with Crippen LogP contribution < -0.4 is 18.6 Å². The SMILES string of the molecule is Clc1ccc(O[B-](Oc2ccc(Cl)cc2)(Oc2ccc(Cl)cc2)Oc2ccc(Cl)cc2)cc1. The topological polar surface area (TPSA) is 36.9 Å². The Labute approximate surface area is 211 Å². The summed E-state index contributed by atoms with van der Waals surface area (Å²) in [5, 5.41) is 2.21. The first kappa shape index (κ1) is 23.5. The van der Waals surface area contributed by atoms with Crippen LogP contribution >= 0.6 is 46.4 Å². The Hall–Kier alpha value is -2.70. The van der Waals surface area contributed by atoms with E-state index in [1.165, 1.54) is 0 Å².